The standard InChI is InChI=1S/C21H27ClN6O4/c22-16-1-3-17(4-2-16)23-21(29)25-18-15-19(32-14-7-27-5-10-30-11-6-27)26-20(24-18)28-8-12-31-13-9-28/h1-4,15H,5-14H2,(H2,23,24,25,26,29). The van der Waals surface area contributed by atoms with Crippen molar-refractivity contribution in [3.63, 3.8) is 0 Å². The van der Waals surface area contributed by atoms with E-state index in [-0.39, 0.29) is 0 Å². The van der Waals surface area contributed by atoms with E-state index in [1.807, 2.05) is 4.90 Å². The molecule has 2 N–H and O–H groups in total. The predicted molar refractivity (Wildman–Crippen MR) is 122 cm³/mol. The van der Waals surface area contributed by atoms with Gasteiger partial charge in [0.15, 0.2) is 0 Å². The third-order valence-corrected chi connectivity index (χ3v) is 5.34. The maximum absolute atomic E-state index is 12.5. The largest absolute Gasteiger partial charge is 0.476 e. The van der Waals surface area contributed by atoms with Crippen LogP contribution in [0.3, 0.4) is 0 Å². The van der Waals surface area contributed by atoms with Gasteiger partial charge in [0.05, 0.1) is 26.4 Å². The molecule has 0 saturated carbocycles. The highest BCUT2D eigenvalue weighted by molar-refractivity contribution is 6.30. The molecule has 2 aliphatic rings. The van der Waals surface area contributed by atoms with Gasteiger partial charge in [0.1, 0.15) is 12.4 Å². The normalized spacial score (nSPS) is 17.1. The van der Waals surface area contributed by atoms with E-state index in [9.17, 15) is 4.79 Å². The van der Waals surface area contributed by atoms with E-state index in [1.54, 1.807) is 30.3 Å². The lowest BCUT2D eigenvalue weighted by Crippen LogP contribution is -2.39. The van der Waals surface area contributed by atoms with Crippen molar-refractivity contribution in [2.75, 3.05) is 81.3 Å². The second-order valence-corrected chi connectivity index (χ2v) is 7.82. The van der Waals surface area contributed by atoms with Crippen LogP contribution in [0.25, 0.3) is 0 Å². The maximum Gasteiger partial charge on any atom is 0.324 e. The topological polar surface area (TPSA) is 101 Å². The number of anilines is 3. The first-order chi connectivity index (χ1) is 15.7. The maximum atomic E-state index is 12.5. The number of carbonyl (C=O) groups excluding carboxylic acids is 1. The molecule has 0 radical (unpaired) electrons. The lowest BCUT2D eigenvalue weighted by molar-refractivity contribution is 0.0320. The third kappa shape index (κ3) is 6.67. The summed E-state index contributed by atoms with van der Waals surface area (Å²) in [6, 6.07) is 8.07. The number of hydrogen-bond donors (Lipinski definition) is 2. The Balaban J connectivity index is 1.42. The molecule has 0 spiro atoms. The van der Waals surface area contributed by atoms with Crippen LogP contribution in [-0.4, -0.2) is 86.7 Å². The van der Waals surface area contributed by atoms with E-state index in [1.165, 1.54) is 0 Å². The van der Waals surface area contributed by atoms with Crippen molar-refractivity contribution in [3.8, 4) is 5.88 Å². The highest BCUT2D eigenvalue weighted by atomic mass is 35.5. The molecule has 11 heteroatoms. The van der Waals surface area contributed by atoms with Gasteiger partial charge in [-0.25, -0.2) is 4.79 Å². The number of halogens is 1. The van der Waals surface area contributed by atoms with Gasteiger partial charge in [0, 0.05) is 49.5 Å². The Morgan fingerprint density at radius 1 is 1.00 bits per heavy atom. The number of hydrogen-bond acceptors (Lipinski definition) is 8. The molecule has 0 unspecified atom stereocenters. The Labute approximate surface area is 191 Å². The highest BCUT2D eigenvalue weighted by Crippen LogP contribution is 2.21. The van der Waals surface area contributed by atoms with Crippen molar-refractivity contribution in [3.05, 3.63) is 35.4 Å². The average molecular weight is 463 g/mol. The predicted octanol–water partition coefficient (Wildman–Crippen LogP) is 2.32. The number of amides is 2. The van der Waals surface area contributed by atoms with Gasteiger partial charge in [0.2, 0.25) is 11.8 Å². The molecule has 0 atom stereocenters. The van der Waals surface area contributed by atoms with Crippen LogP contribution in [-0.2, 0) is 9.47 Å². The van der Waals surface area contributed by atoms with E-state index in [4.69, 9.17) is 25.8 Å². The van der Waals surface area contributed by atoms with Crippen LogP contribution in [0.2, 0.25) is 5.02 Å². The van der Waals surface area contributed by atoms with Crippen LogP contribution < -0.4 is 20.3 Å². The number of rotatable bonds is 7. The molecule has 2 fully saturated rings. The molecule has 1 aromatic heterocycles. The monoisotopic (exact) mass is 462 g/mol. The van der Waals surface area contributed by atoms with Gasteiger partial charge in [0.25, 0.3) is 0 Å². The van der Waals surface area contributed by atoms with Gasteiger partial charge in [-0.3, -0.25) is 10.2 Å². The molecule has 4 rings (SSSR count). The zero-order valence-corrected chi connectivity index (χ0v) is 18.5. The summed E-state index contributed by atoms with van der Waals surface area (Å²) in [6.45, 7) is 7.08. The van der Waals surface area contributed by atoms with Crippen molar-refractivity contribution >= 4 is 35.1 Å². The van der Waals surface area contributed by atoms with Gasteiger partial charge >= 0.3 is 6.03 Å². The Hall–Kier alpha value is -2.66. The van der Waals surface area contributed by atoms with Gasteiger partial charge < -0.3 is 24.4 Å². The third-order valence-electron chi connectivity index (χ3n) is 5.09. The van der Waals surface area contributed by atoms with Crippen LogP contribution in [0.1, 0.15) is 0 Å². The summed E-state index contributed by atoms with van der Waals surface area (Å²) < 4.78 is 16.7. The van der Waals surface area contributed by atoms with Crippen LogP contribution in [0.5, 0.6) is 5.88 Å². The fourth-order valence-corrected chi connectivity index (χ4v) is 3.50. The van der Waals surface area contributed by atoms with Crippen molar-refractivity contribution < 1.29 is 19.0 Å². The molecule has 2 amide bonds. The molecule has 1 aromatic carbocycles. The smallest absolute Gasteiger partial charge is 0.324 e. The number of nitrogens with one attached hydrogen (secondary N) is 2. The second kappa shape index (κ2) is 11.3. The van der Waals surface area contributed by atoms with E-state index in [0.29, 0.717) is 61.3 Å². The Kier molecular flexibility index (Phi) is 7.94. The molecule has 10 nitrogen and oxygen atoms in total. The summed E-state index contributed by atoms with van der Waals surface area (Å²) in [7, 11) is 0. The van der Waals surface area contributed by atoms with Crippen molar-refractivity contribution in [2.45, 2.75) is 0 Å². The lowest BCUT2D eigenvalue weighted by atomic mass is 10.3. The van der Waals surface area contributed by atoms with E-state index >= 15 is 0 Å². The van der Waals surface area contributed by atoms with Gasteiger partial charge in [-0.2, -0.15) is 9.97 Å². The summed E-state index contributed by atoms with van der Waals surface area (Å²) in [6.07, 6.45) is 0. The molecule has 2 aromatic rings. The minimum atomic E-state index is -0.418. The number of nitrogens with zero attached hydrogens (tertiary/aromatic N) is 4. The van der Waals surface area contributed by atoms with Crippen molar-refractivity contribution in [1.29, 1.82) is 0 Å². The highest BCUT2D eigenvalue weighted by Gasteiger charge is 2.18. The summed E-state index contributed by atoms with van der Waals surface area (Å²) in [5.74, 6) is 1.27. The summed E-state index contributed by atoms with van der Waals surface area (Å²) in [4.78, 5) is 25.8. The molecule has 2 aliphatic heterocycles. The number of aromatic nitrogens is 2. The van der Waals surface area contributed by atoms with Crippen LogP contribution in [0, 0.1) is 0 Å². The molecule has 0 bridgehead atoms. The first kappa shape index (κ1) is 22.5. The number of carbonyl (C=O) groups is 1. The van der Waals surface area contributed by atoms with Gasteiger partial charge in [-0.1, -0.05) is 11.6 Å². The zero-order chi connectivity index (χ0) is 22.2. The lowest BCUT2D eigenvalue weighted by Gasteiger charge is -2.28. The molecular weight excluding hydrogens is 436 g/mol. The van der Waals surface area contributed by atoms with Crippen LogP contribution in [0.4, 0.5) is 22.2 Å². The average Bonchev–Trinajstić information content (AvgIpc) is 2.82. The fourth-order valence-electron chi connectivity index (χ4n) is 3.37. The number of morpholine rings is 2. The second-order valence-electron chi connectivity index (χ2n) is 7.38. The molecule has 2 saturated heterocycles. The molecule has 3 heterocycles. The SMILES string of the molecule is O=C(Nc1ccc(Cl)cc1)Nc1cc(OCCN2CCOCC2)nc(N2CCOCC2)n1. The minimum Gasteiger partial charge on any atom is -0.476 e. The Bertz CT molecular complexity index is 888. The van der Waals surface area contributed by atoms with Gasteiger partial charge in [-0.15, -0.1) is 0 Å². The summed E-state index contributed by atoms with van der Waals surface area (Å²) in [5.41, 5.74) is 0.622. The van der Waals surface area contributed by atoms with E-state index in [0.717, 1.165) is 32.8 Å². The first-order valence-electron chi connectivity index (χ1n) is 10.6. The quantitative estimate of drug-likeness (QED) is 0.646. The van der Waals surface area contributed by atoms with Crippen molar-refractivity contribution in [2.24, 2.45) is 0 Å². The molecular formula is C21H27ClN6O4. The number of benzene rings is 1. The van der Waals surface area contributed by atoms with Crippen LogP contribution >= 0.6 is 11.6 Å². The Morgan fingerprint density at radius 3 is 2.41 bits per heavy atom. The number of urea groups is 1. The van der Waals surface area contributed by atoms with E-state index in [2.05, 4.69) is 25.5 Å². The zero-order valence-electron chi connectivity index (χ0n) is 17.8. The minimum absolute atomic E-state index is 0.356. The molecule has 32 heavy (non-hydrogen) atoms. The van der Waals surface area contributed by atoms with Crippen LogP contribution in [0.15, 0.2) is 30.3 Å². The summed E-state index contributed by atoms with van der Waals surface area (Å²) in [5, 5.41) is 6.12. The molecule has 0 aliphatic carbocycles. The first-order valence-corrected chi connectivity index (χ1v) is 11.0. The van der Waals surface area contributed by atoms with E-state index < -0.39 is 6.03 Å². The van der Waals surface area contributed by atoms with Crippen molar-refractivity contribution in [1.82, 2.24) is 14.9 Å². The number of ether oxygens (including phenoxy) is 3. The van der Waals surface area contributed by atoms with Gasteiger partial charge in [-0.05, 0) is 24.3 Å². The molecule has 172 valence electrons. The fraction of sp³-hybridized carbons (Fsp3) is 0.476. The Morgan fingerprint density at radius 2 is 1.69 bits per heavy atom. The summed E-state index contributed by atoms with van der Waals surface area (Å²) >= 11 is 5.90.